The zero-order valence-corrected chi connectivity index (χ0v) is 17.5. The molecular formula is C17H32O6S2. The molecule has 2 fully saturated rings. The van der Waals surface area contributed by atoms with E-state index in [1.54, 1.807) is 0 Å². The summed E-state index contributed by atoms with van der Waals surface area (Å²) in [5, 5.41) is 0. The SMILES string of the molecule is C[C@@H]1[C@H]2C[C@H]([C@H](C)COS(C)(=O)=O)CC[C@@]2(C)CC[C@H]1OS(C)(=O)=O. The van der Waals surface area contributed by atoms with Crippen LogP contribution in [0.5, 0.6) is 0 Å². The third kappa shape index (κ3) is 5.65. The van der Waals surface area contributed by atoms with Gasteiger partial charge in [0, 0.05) is 0 Å². The lowest BCUT2D eigenvalue weighted by molar-refractivity contribution is -0.0642. The minimum Gasteiger partial charge on any atom is -0.270 e. The third-order valence-corrected chi connectivity index (χ3v) is 7.57. The molecule has 0 unspecified atom stereocenters. The van der Waals surface area contributed by atoms with Crippen molar-refractivity contribution in [1.29, 1.82) is 0 Å². The van der Waals surface area contributed by atoms with Crippen LogP contribution >= 0.6 is 0 Å². The van der Waals surface area contributed by atoms with Gasteiger partial charge in [0.1, 0.15) is 0 Å². The molecule has 2 aliphatic carbocycles. The Balaban J connectivity index is 2.06. The van der Waals surface area contributed by atoms with Crippen LogP contribution < -0.4 is 0 Å². The van der Waals surface area contributed by atoms with Gasteiger partial charge in [0.25, 0.3) is 20.2 Å². The highest BCUT2D eigenvalue weighted by Gasteiger charge is 2.49. The Morgan fingerprint density at radius 1 is 1.08 bits per heavy atom. The Hall–Kier alpha value is -0.180. The summed E-state index contributed by atoms with van der Waals surface area (Å²) in [6, 6.07) is 0. The van der Waals surface area contributed by atoms with E-state index in [-0.39, 0.29) is 30.0 Å². The van der Waals surface area contributed by atoms with E-state index in [1.807, 2.05) is 6.92 Å². The topological polar surface area (TPSA) is 86.7 Å². The van der Waals surface area contributed by atoms with E-state index in [0.29, 0.717) is 11.8 Å². The predicted octanol–water partition coefficient (Wildman–Crippen LogP) is 2.80. The fourth-order valence-corrected chi connectivity index (χ4v) is 6.01. The van der Waals surface area contributed by atoms with E-state index in [4.69, 9.17) is 8.37 Å². The molecule has 0 aromatic heterocycles. The first-order valence-corrected chi connectivity index (χ1v) is 12.7. The summed E-state index contributed by atoms with van der Waals surface area (Å²) >= 11 is 0. The fraction of sp³-hybridized carbons (Fsp3) is 1.00. The first-order valence-electron chi connectivity index (χ1n) is 9.03. The summed E-state index contributed by atoms with van der Waals surface area (Å²) in [5.74, 6) is 1.09. The number of hydrogen-bond donors (Lipinski definition) is 0. The lowest BCUT2D eigenvalue weighted by atomic mass is 9.53. The van der Waals surface area contributed by atoms with Crippen LogP contribution in [0.4, 0.5) is 0 Å². The molecule has 0 aromatic carbocycles. The molecule has 0 saturated heterocycles. The van der Waals surface area contributed by atoms with Gasteiger partial charge in [-0.1, -0.05) is 20.8 Å². The zero-order valence-electron chi connectivity index (χ0n) is 15.9. The Morgan fingerprint density at radius 3 is 2.24 bits per heavy atom. The lowest BCUT2D eigenvalue weighted by Crippen LogP contribution is -2.48. The summed E-state index contributed by atoms with van der Waals surface area (Å²) in [4.78, 5) is 0. The maximum absolute atomic E-state index is 11.5. The van der Waals surface area contributed by atoms with Gasteiger partial charge in [-0.2, -0.15) is 16.8 Å². The zero-order chi connectivity index (χ0) is 19.0. The van der Waals surface area contributed by atoms with Crippen LogP contribution in [0.3, 0.4) is 0 Å². The highest BCUT2D eigenvalue weighted by atomic mass is 32.2. The minimum absolute atomic E-state index is 0.155. The van der Waals surface area contributed by atoms with Gasteiger partial charge in [-0.15, -0.1) is 0 Å². The molecule has 6 atom stereocenters. The van der Waals surface area contributed by atoms with Crippen LogP contribution in [0, 0.1) is 29.1 Å². The molecule has 0 radical (unpaired) electrons. The van der Waals surface area contributed by atoms with Crippen molar-refractivity contribution >= 4 is 20.2 Å². The first-order chi connectivity index (χ1) is 11.3. The minimum atomic E-state index is -3.46. The van der Waals surface area contributed by atoms with Gasteiger partial charge in [0.15, 0.2) is 0 Å². The molecule has 25 heavy (non-hydrogen) atoms. The molecule has 0 N–H and O–H groups in total. The number of hydrogen-bond acceptors (Lipinski definition) is 6. The summed E-state index contributed by atoms with van der Waals surface area (Å²) in [7, 11) is -6.88. The summed E-state index contributed by atoms with van der Waals surface area (Å²) < 4.78 is 55.9. The maximum atomic E-state index is 11.5. The van der Waals surface area contributed by atoms with E-state index in [1.165, 1.54) is 0 Å². The average molecular weight is 397 g/mol. The number of rotatable bonds is 6. The predicted molar refractivity (Wildman–Crippen MR) is 97.0 cm³/mol. The standard InChI is InChI=1S/C17H32O6S2/c1-12(11-22-24(4,18)19)14-6-8-17(3)9-7-16(23-25(5,20)21)13(2)15(17)10-14/h12-16H,6-11H2,1-5H3/t12-,13-,14-,15-,16-,17+/m1/s1. The highest BCUT2D eigenvalue weighted by Crippen LogP contribution is 2.55. The Labute approximate surface area is 152 Å². The summed E-state index contributed by atoms with van der Waals surface area (Å²) in [6.07, 6.45) is 6.80. The largest absolute Gasteiger partial charge is 0.270 e. The van der Waals surface area contributed by atoms with Crippen LogP contribution in [0.1, 0.15) is 52.9 Å². The van der Waals surface area contributed by atoms with Gasteiger partial charge < -0.3 is 0 Å². The molecule has 0 spiro atoms. The van der Waals surface area contributed by atoms with Crippen LogP contribution in [-0.2, 0) is 28.6 Å². The molecule has 148 valence electrons. The summed E-state index contributed by atoms with van der Waals surface area (Å²) in [6.45, 7) is 6.65. The second-order valence-corrected chi connectivity index (χ2v) is 11.7. The monoisotopic (exact) mass is 396 g/mol. The van der Waals surface area contributed by atoms with Crippen molar-refractivity contribution in [3.63, 3.8) is 0 Å². The third-order valence-electron chi connectivity index (χ3n) is 6.41. The second-order valence-electron chi connectivity index (χ2n) is 8.50. The Bertz CT molecular complexity index is 671. The van der Waals surface area contributed by atoms with E-state index in [0.717, 1.165) is 44.6 Å². The lowest BCUT2D eigenvalue weighted by Gasteiger charge is -2.53. The van der Waals surface area contributed by atoms with Crippen molar-refractivity contribution in [2.24, 2.45) is 29.1 Å². The normalized spacial score (nSPS) is 38.1. The van der Waals surface area contributed by atoms with Crippen molar-refractivity contribution in [1.82, 2.24) is 0 Å². The maximum Gasteiger partial charge on any atom is 0.264 e. The van der Waals surface area contributed by atoms with E-state index in [9.17, 15) is 16.8 Å². The van der Waals surface area contributed by atoms with Crippen molar-refractivity contribution in [2.75, 3.05) is 19.1 Å². The van der Waals surface area contributed by atoms with Crippen LogP contribution in [0.25, 0.3) is 0 Å². The van der Waals surface area contributed by atoms with Crippen molar-refractivity contribution in [3.8, 4) is 0 Å². The molecule has 6 nitrogen and oxygen atoms in total. The van der Waals surface area contributed by atoms with Gasteiger partial charge in [0.05, 0.1) is 25.2 Å². The van der Waals surface area contributed by atoms with Gasteiger partial charge in [-0.25, -0.2) is 0 Å². The van der Waals surface area contributed by atoms with E-state index in [2.05, 4.69) is 13.8 Å². The molecule has 0 aromatic rings. The van der Waals surface area contributed by atoms with Gasteiger partial charge >= 0.3 is 0 Å². The first kappa shape index (κ1) is 21.1. The molecule has 2 rings (SSSR count). The van der Waals surface area contributed by atoms with Crippen molar-refractivity contribution < 1.29 is 25.2 Å². The smallest absolute Gasteiger partial charge is 0.264 e. The van der Waals surface area contributed by atoms with E-state index >= 15 is 0 Å². The Kier molecular flexibility index (Phi) is 6.29. The van der Waals surface area contributed by atoms with Gasteiger partial charge in [-0.3, -0.25) is 8.37 Å². The van der Waals surface area contributed by atoms with Crippen LogP contribution in [0.2, 0.25) is 0 Å². The fourth-order valence-electron chi connectivity index (χ4n) is 4.83. The molecule has 0 bridgehead atoms. The van der Waals surface area contributed by atoms with Gasteiger partial charge in [0.2, 0.25) is 0 Å². The van der Waals surface area contributed by atoms with E-state index < -0.39 is 20.2 Å². The molecule has 2 saturated carbocycles. The van der Waals surface area contributed by atoms with Crippen molar-refractivity contribution in [3.05, 3.63) is 0 Å². The summed E-state index contributed by atoms with van der Waals surface area (Å²) in [5.41, 5.74) is 0.213. The molecule has 2 aliphatic rings. The molecular weight excluding hydrogens is 364 g/mol. The van der Waals surface area contributed by atoms with Gasteiger partial charge in [-0.05, 0) is 61.2 Å². The molecule has 8 heteroatoms. The average Bonchev–Trinajstić information content (AvgIpc) is 2.46. The second kappa shape index (κ2) is 7.44. The number of fused-ring (bicyclic) bond motifs is 1. The van der Waals surface area contributed by atoms with Crippen LogP contribution in [-0.4, -0.2) is 42.1 Å². The van der Waals surface area contributed by atoms with Crippen LogP contribution in [0.15, 0.2) is 0 Å². The highest BCUT2D eigenvalue weighted by molar-refractivity contribution is 7.86. The quantitative estimate of drug-likeness (QED) is 0.642. The molecule has 0 aliphatic heterocycles. The molecule has 0 amide bonds. The van der Waals surface area contributed by atoms with Crippen molar-refractivity contribution in [2.45, 2.75) is 59.0 Å². The molecule has 0 heterocycles. The Morgan fingerprint density at radius 2 is 1.68 bits per heavy atom.